The van der Waals surface area contributed by atoms with Crippen molar-refractivity contribution >= 4 is 12.0 Å². The van der Waals surface area contributed by atoms with Crippen molar-refractivity contribution in [1.29, 1.82) is 0 Å². The van der Waals surface area contributed by atoms with Crippen molar-refractivity contribution in [2.75, 3.05) is 0 Å². The summed E-state index contributed by atoms with van der Waals surface area (Å²) in [6.07, 6.45) is 9.61. The standard InChI is InChI=1S/C19H22FNO/c20-17-4-2-1-3-14(17)5-6-18(22)21-19-15-8-12-7-13(10-15)11-16(19)9-12/h1-6,12-13,15-16,19H,7-11H2,(H,21,22)/b6-5+. The molecule has 0 heterocycles. The van der Waals surface area contributed by atoms with Crippen molar-refractivity contribution in [3.05, 3.63) is 41.7 Å². The minimum atomic E-state index is -0.291. The number of hydrogen-bond donors (Lipinski definition) is 1. The summed E-state index contributed by atoms with van der Waals surface area (Å²) in [4.78, 5) is 12.2. The summed E-state index contributed by atoms with van der Waals surface area (Å²) >= 11 is 0. The molecule has 1 N–H and O–H groups in total. The molecular weight excluding hydrogens is 277 g/mol. The highest BCUT2D eigenvalue weighted by Crippen LogP contribution is 2.53. The maximum Gasteiger partial charge on any atom is 0.244 e. The van der Waals surface area contributed by atoms with Crippen LogP contribution in [0.15, 0.2) is 30.3 Å². The molecule has 1 aromatic carbocycles. The largest absolute Gasteiger partial charge is 0.349 e. The first-order chi connectivity index (χ1) is 10.7. The van der Waals surface area contributed by atoms with E-state index >= 15 is 0 Å². The van der Waals surface area contributed by atoms with Crippen LogP contribution in [0.1, 0.15) is 37.7 Å². The van der Waals surface area contributed by atoms with Gasteiger partial charge in [0.05, 0.1) is 0 Å². The summed E-state index contributed by atoms with van der Waals surface area (Å²) in [7, 11) is 0. The number of amides is 1. The van der Waals surface area contributed by atoms with Gasteiger partial charge in [-0.15, -0.1) is 0 Å². The van der Waals surface area contributed by atoms with Crippen molar-refractivity contribution in [2.45, 2.75) is 38.1 Å². The van der Waals surface area contributed by atoms with Crippen molar-refractivity contribution in [1.82, 2.24) is 5.32 Å². The predicted octanol–water partition coefficient (Wildman–Crippen LogP) is 3.78. The van der Waals surface area contributed by atoms with Gasteiger partial charge in [0.1, 0.15) is 5.82 Å². The van der Waals surface area contributed by atoms with E-state index in [1.54, 1.807) is 24.3 Å². The third-order valence-corrected chi connectivity index (χ3v) is 5.86. The minimum Gasteiger partial charge on any atom is -0.349 e. The van der Waals surface area contributed by atoms with Crippen molar-refractivity contribution < 1.29 is 9.18 Å². The number of benzene rings is 1. The average Bonchev–Trinajstić information content (AvgIpc) is 2.49. The minimum absolute atomic E-state index is 0.0827. The molecule has 3 heteroatoms. The highest BCUT2D eigenvalue weighted by atomic mass is 19.1. The molecule has 0 aliphatic heterocycles. The molecule has 0 unspecified atom stereocenters. The van der Waals surface area contributed by atoms with Gasteiger partial charge < -0.3 is 5.32 Å². The van der Waals surface area contributed by atoms with Crippen molar-refractivity contribution in [3.8, 4) is 0 Å². The van der Waals surface area contributed by atoms with Gasteiger partial charge >= 0.3 is 0 Å². The molecule has 0 atom stereocenters. The molecule has 2 nitrogen and oxygen atoms in total. The summed E-state index contributed by atoms with van der Waals surface area (Å²) in [6.45, 7) is 0. The van der Waals surface area contributed by atoms with E-state index in [1.807, 2.05) is 0 Å². The SMILES string of the molecule is O=C(/C=C/c1ccccc1F)NC1C2CC3CC(C2)CC1C3. The van der Waals surface area contributed by atoms with E-state index in [4.69, 9.17) is 0 Å². The van der Waals surface area contributed by atoms with E-state index in [0.717, 1.165) is 11.8 Å². The zero-order chi connectivity index (χ0) is 15.1. The first-order valence-corrected chi connectivity index (χ1v) is 8.42. The summed E-state index contributed by atoms with van der Waals surface area (Å²) in [6, 6.07) is 6.86. The van der Waals surface area contributed by atoms with Crippen molar-refractivity contribution in [2.24, 2.45) is 23.7 Å². The lowest BCUT2D eigenvalue weighted by Crippen LogP contribution is -2.55. The molecular formula is C19H22FNO. The second-order valence-corrected chi connectivity index (χ2v) is 7.32. The van der Waals surface area contributed by atoms with Crippen LogP contribution in [0.25, 0.3) is 6.08 Å². The first kappa shape index (κ1) is 14.0. The fourth-order valence-corrected chi connectivity index (χ4v) is 5.15. The first-order valence-electron chi connectivity index (χ1n) is 8.42. The second-order valence-electron chi connectivity index (χ2n) is 7.32. The lowest BCUT2D eigenvalue weighted by atomic mass is 9.54. The molecule has 4 aliphatic carbocycles. The molecule has 0 aromatic heterocycles. The van der Waals surface area contributed by atoms with Crippen LogP contribution in [-0.4, -0.2) is 11.9 Å². The predicted molar refractivity (Wildman–Crippen MR) is 84.4 cm³/mol. The maximum absolute atomic E-state index is 13.6. The summed E-state index contributed by atoms with van der Waals surface area (Å²) in [5.74, 6) is 2.78. The van der Waals surface area contributed by atoms with E-state index < -0.39 is 0 Å². The van der Waals surface area contributed by atoms with E-state index in [0.29, 0.717) is 23.4 Å². The quantitative estimate of drug-likeness (QED) is 0.846. The van der Waals surface area contributed by atoms with E-state index in [1.165, 1.54) is 44.2 Å². The Morgan fingerprint density at radius 2 is 1.68 bits per heavy atom. The van der Waals surface area contributed by atoms with Crippen LogP contribution < -0.4 is 5.32 Å². The number of nitrogens with one attached hydrogen (secondary N) is 1. The molecule has 0 radical (unpaired) electrons. The van der Waals surface area contributed by atoms with Crippen LogP contribution in [0, 0.1) is 29.5 Å². The summed E-state index contributed by atoms with van der Waals surface area (Å²) in [5, 5.41) is 3.20. The van der Waals surface area contributed by atoms with Crippen LogP contribution in [0.3, 0.4) is 0 Å². The Morgan fingerprint density at radius 1 is 1.05 bits per heavy atom. The summed E-state index contributed by atoms with van der Waals surface area (Å²) in [5.41, 5.74) is 0.461. The Hall–Kier alpha value is -1.64. The van der Waals surface area contributed by atoms with Gasteiger partial charge in [0.15, 0.2) is 0 Å². The normalized spacial score (nSPS) is 36.0. The Balaban J connectivity index is 1.41. The van der Waals surface area contributed by atoms with Crippen LogP contribution in [0.2, 0.25) is 0 Å². The van der Waals surface area contributed by atoms with Gasteiger partial charge in [0, 0.05) is 17.7 Å². The Kier molecular flexibility index (Phi) is 3.51. The number of rotatable bonds is 3. The molecule has 5 rings (SSSR count). The molecule has 1 aromatic rings. The van der Waals surface area contributed by atoms with Crippen LogP contribution in [0.5, 0.6) is 0 Å². The number of hydrogen-bond acceptors (Lipinski definition) is 1. The fourth-order valence-electron chi connectivity index (χ4n) is 5.15. The van der Waals surface area contributed by atoms with Gasteiger partial charge in [-0.3, -0.25) is 4.79 Å². The molecule has 4 aliphatic rings. The average molecular weight is 299 g/mol. The Bertz CT molecular complexity index is 581. The van der Waals surface area contributed by atoms with Crippen LogP contribution in [0.4, 0.5) is 4.39 Å². The molecule has 4 fully saturated rings. The van der Waals surface area contributed by atoms with Crippen LogP contribution in [-0.2, 0) is 4.79 Å². The monoisotopic (exact) mass is 299 g/mol. The highest BCUT2D eigenvalue weighted by molar-refractivity contribution is 5.92. The topological polar surface area (TPSA) is 29.1 Å². The summed E-state index contributed by atoms with van der Waals surface area (Å²) < 4.78 is 13.6. The molecule has 0 saturated heterocycles. The lowest BCUT2D eigenvalue weighted by molar-refractivity contribution is -0.120. The lowest BCUT2D eigenvalue weighted by Gasteiger charge is -2.54. The number of carbonyl (C=O) groups is 1. The highest BCUT2D eigenvalue weighted by Gasteiger charge is 2.48. The van der Waals surface area contributed by atoms with E-state index in [2.05, 4.69) is 5.32 Å². The zero-order valence-corrected chi connectivity index (χ0v) is 12.7. The zero-order valence-electron chi connectivity index (χ0n) is 12.7. The van der Waals surface area contributed by atoms with Crippen molar-refractivity contribution in [3.63, 3.8) is 0 Å². The van der Waals surface area contributed by atoms with Gasteiger partial charge in [0.2, 0.25) is 5.91 Å². The third-order valence-electron chi connectivity index (χ3n) is 5.86. The van der Waals surface area contributed by atoms with Gasteiger partial charge in [-0.1, -0.05) is 18.2 Å². The Labute approximate surface area is 130 Å². The third kappa shape index (κ3) is 2.57. The Morgan fingerprint density at radius 3 is 2.32 bits per heavy atom. The van der Waals surface area contributed by atoms with E-state index in [9.17, 15) is 9.18 Å². The van der Waals surface area contributed by atoms with Gasteiger partial charge in [-0.05, 0) is 67.9 Å². The van der Waals surface area contributed by atoms with Gasteiger partial charge in [-0.25, -0.2) is 4.39 Å². The fraction of sp³-hybridized carbons (Fsp3) is 0.526. The van der Waals surface area contributed by atoms with Gasteiger partial charge in [-0.2, -0.15) is 0 Å². The second kappa shape index (κ2) is 5.53. The number of carbonyl (C=O) groups excluding carboxylic acids is 1. The molecule has 4 saturated carbocycles. The number of halogens is 1. The molecule has 0 spiro atoms. The smallest absolute Gasteiger partial charge is 0.244 e. The molecule has 116 valence electrons. The molecule has 22 heavy (non-hydrogen) atoms. The molecule has 4 bridgehead atoms. The molecule has 1 amide bonds. The van der Waals surface area contributed by atoms with Crippen LogP contribution >= 0.6 is 0 Å². The van der Waals surface area contributed by atoms with Gasteiger partial charge in [0.25, 0.3) is 0 Å². The van der Waals surface area contributed by atoms with E-state index in [-0.39, 0.29) is 11.7 Å². The maximum atomic E-state index is 13.6.